The highest BCUT2D eigenvalue weighted by atomic mass is 79.9. The fraction of sp³-hybridized carbons (Fsp3) is 0.344. The summed E-state index contributed by atoms with van der Waals surface area (Å²) in [6.07, 6.45) is 5.75. The fourth-order valence-electron chi connectivity index (χ4n) is 5.15. The Hall–Kier alpha value is -3.65. The van der Waals surface area contributed by atoms with Gasteiger partial charge in [-0.25, -0.2) is 14.6 Å². The minimum Gasteiger partial charge on any atom is -0.489 e. The number of nitrogens with zero attached hydrogens (tertiary/aromatic N) is 2. The number of halogens is 1. The molecule has 3 aromatic carbocycles. The lowest BCUT2D eigenvalue weighted by Gasteiger charge is -2.25. The summed E-state index contributed by atoms with van der Waals surface area (Å²) in [5, 5.41) is 9.48. The Labute approximate surface area is 242 Å². The first kappa shape index (κ1) is 27.9. The van der Waals surface area contributed by atoms with Gasteiger partial charge in [0.1, 0.15) is 23.8 Å². The zero-order valence-corrected chi connectivity index (χ0v) is 24.5. The van der Waals surface area contributed by atoms with Crippen molar-refractivity contribution in [1.82, 2.24) is 9.55 Å². The molecule has 0 atom stereocenters. The summed E-state index contributed by atoms with van der Waals surface area (Å²) < 4.78 is 14.7. The standard InChI is InChI=1S/C32H33BrN2O5/c1-32(2,3)40-31(38)22-11-15-26(33)23(17-22)19-39-25-13-9-20(10-14-25)29-34-27-18-21(30(36)37)12-16-28(27)35(29)24-7-5-4-6-8-24/h9-18,24H,4-8,19H2,1-3H3,(H,36,37). The first-order chi connectivity index (χ1) is 19.1. The number of carbonyl (C=O) groups is 2. The molecule has 8 heteroatoms. The maximum Gasteiger partial charge on any atom is 0.338 e. The van der Waals surface area contributed by atoms with Crippen LogP contribution >= 0.6 is 15.9 Å². The lowest BCUT2D eigenvalue weighted by molar-refractivity contribution is 0.00691. The molecular formula is C32H33BrN2O5. The van der Waals surface area contributed by atoms with Crippen LogP contribution in [0.15, 0.2) is 65.1 Å². The highest BCUT2D eigenvalue weighted by molar-refractivity contribution is 9.10. The molecule has 0 bridgehead atoms. The molecule has 208 valence electrons. The zero-order valence-electron chi connectivity index (χ0n) is 22.9. The second-order valence-electron chi connectivity index (χ2n) is 11.2. The number of ether oxygens (including phenoxy) is 2. The quantitative estimate of drug-likeness (QED) is 0.214. The summed E-state index contributed by atoms with van der Waals surface area (Å²) >= 11 is 3.55. The van der Waals surface area contributed by atoms with Crippen molar-refractivity contribution in [2.45, 2.75) is 71.1 Å². The lowest BCUT2D eigenvalue weighted by Crippen LogP contribution is -2.24. The largest absolute Gasteiger partial charge is 0.489 e. The van der Waals surface area contributed by atoms with Crippen molar-refractivity contribution in [2.75, 3.05) is 0 Å². The van der Waals surface area contributed by atoms with Gasteiger partial charge in [0.2, 0.25) is 0 Å². The molecule has 1 heterocycles. The molecule has 7 nitrogen and oxygen atoms in total. The first-order valence-electron chi connectivity index (χ1n) is 13.6. The van der Waals surface area contributed by atoms with Crippen LogP contribution in [0.4, 0.5) is 0 Å². The molecule has 0 unspecified atom stereocenters. The van der Waals surface area contributed by atoms with E-state index in [1.54, 1.807) is 24.3 Å². The average molecular weight is 606 g/mol. The Morgan fingerprint density at radius 2 is 1.68 bits per heavy atom. The van der Waals surface area contributed by atoms with Crippen molar-refractivity contribution in [1.29, 1.82) is 0 Å². The number of benzene rings is 3. The van der Waals surface area contributed by atoms with Crippen LogP contribution in [-0.4, -0.2) is 32.2 Å². The van der Waals surface area contributed by atoms with Crippen LogP contribution in [0.3, 0.4) is 0 Å². The molecule has 1 aliphatic rings. The molecule has 0 spiro atoms. The molecule has 0 aliphatic heterocycles. The van der Waals surface area contributed by atoms with Gasteiger partial charge in [0.05, 0.1) is 22.2 Å². The normalized spacial score (nSPS) is 14.3. The third kappa shape index (κ3) is 6.22. The molecule has 0 amide bonds. The van der Waals surface area contributed by atoms with Gasteiger partial charge in [-0.3, -0.25) is 0 Å². The van der Waals surface area contributed by atoms with Gasteiger partial charge in [0.25, 0.3) is 0 Å². The van der Waals surface area contributed by atoms with Gasteiger partial charge in [0, 0.05) is 21.6 Å². The molecule has 0 radical (unpaired) electrons. The summed E-state index contributed by atoms with van der Waals surface area (Å²) in [5.41, 5.74) is 3.56. The smallest absolute Gasteiger partial charge is 0.338 e. The van der Waals surface area contributed by atoms with Crippen LogP contribution in [0.5, 0.6) is 5.75 Å². The molecule has 40 heavy (non-hydrogen) atoms. The Bertz CT molecular complexity index is 1550. The van der Waals surface area contributed by atoms with E-state index in [4.69, 9.17) is 14.5 Å². The molecule has 1 aromatic heterocycles. The molecule has 0 saturated heterocycles. The molecule has 4 aromatic rings. The van der Waals surface area contributed by atoms with Crippen molar-refractivity contribution in [2.24, 2.45) is 0 Å². The van der Waals surface area contributed by atoms with Crippen molar-refractivity contribution in [3.8, 4) is 17.1 Å². The van der Waals surface area contributed by atoms with Crippen molar-refractivity contribution < 1.29 is 24.2 Å². The Morgan fingerprint density at radius 1 is 0.975 bits per heavy atom. The zero-order chi connectivity index (χ0) is 28.4. The number of hydrogen-bond acceptors (Lipinski definition) is 5. The summed E-state index contributed by atoms with van der Waals surface area (Å²) in [7, 11) is 0. The van der Waals surface area contributed by atoms with E-state index in [2.05, 4.69) is 20.5 Å². The minimum atomic E-state index is -0.958. The summed E-state index contributed by atoms with van der Waals surface area (Å²) in [6, 6.07) is 18.7. The third-order valence-corrected chi connectivity index (χ3v) is 7.84. The lowest BCUT2D eigenvalue weighted by atomic mass is 9.95. The number of fused-ring (bicyclic) bond motifs is 1. The number of imidazole rings is 1. The Kier molecular flexibility index (Phi) is 7.99. The number of hydrogen-bond donors (Lipinski definition) is 1. The number of rotatable bonds is 7. The van der Waals surface area contributed by atoms with Crippen molar-refractivity contribution in [3.63, 3.8) is 0 Å². The van der Waals surface area contributed by atoms with Gasteiger partial charge in [0.15, 0.2) is 0 Å². The maximum absolute atomic E-state index is 12.5. The van der Waals surface area contributed by atoms with E-state index in [0.29, 0.717) is 22.9 Å². The van der Waals surface area contributed by atoms with Crippen molar-refractivity contribution >= 4 is 38.9 Å². The highest BCUT2D eigenvalue weighted by Gasteiger charge is 2.23. The van der Waals surface area contributed by atoms with E-state index in [1.165, 1.54) is 19.3 Å². The van der Waals surface area contributed by atoms with E-state index < -0.39 is 11.6 Å². The van der Waals surface area contributed by atoms with Crippen LogP contribution < -0.4 is 4.74 Å². The number of aromatic carboxylic acids is 1. The van der Waals surface area contributed by atoms with Crippen LogP contribution in [-0.2, 0) is 11.3 Å². The average Bonchev–Trinajstić information content (AvgIpc) is 3.31. The second kappa shape index (κ2) is 11.5. The Morgan fingerprint density at radius 3 is 2.35 bits per heavy atom. The number of esters is 1. The van der Waals surface area contributed by atoms with Crippen LogP contribution in [0.1, 0.15) is 85.2 Å². The van der Waals surface area contributed by atoms with E-state index in [0.717, 1.165) is 39.8 Å². The van der Waals surface area contributed by atoms with E-state index in [-0.39, 0.29) is 18.1 Å². The monoisotopic (exact) mass is 604 g/mol. The third-order valence-electron chi connectivity index (χ3n) is 7.06. The van der Waals surface area contributed by atoms with Gasteiger partial charge in [-0.1, -0.05) is 35.2 Å². The number of carboxylic acids is 1. The molecule has 5 rings (SSSR count). The minimum absolute atomic E-state index is 0.234. The number of carboxylic acid groups (broad SMARTS) is 1. The van der Waals surface area contributed by atoms with Gasteiger partial charge < -0.3 is 19.1 Å². The van der Waals surface area contributed by atoms with Crippen LogP contribution in [0.2, 0.25) is 0 Å². The number of carbonyl (C=O) groups excluding carboxylic acids is 1. The van der Waals surface area contributed by atoms with E-state index in [1.807, 2.05) is 57.2 Å². The maximum atomic E-state index is 12.5. The molecule has 1 fully saturated rings. The van der Waals surface area contributed by atoms with Gasteiger partial charge >= 0.3 is 11.9 Å². The summed E-state index contributed by atoms with van der Waals surface area (Å²) in [6.45, 7) is 5.80. The van der Waals surface area contributed by atoms with Crippen molar-refractivity contribution in [3.05, 3.63) is 81.8 Å². The topological polar surface area (TPSA) is 90.7 Å². The van der Waals surface area contributed by atoms with Gasteiger partial charge in [-0.05, 0) is 94.3 Å². The summed E-state index contributed by atoms with van der Waals surface area (Å²) in [5.74, 6) is 0.193. The predicted octanol–water partition coefficient (Wildman–Crippen LogP) is 8.20. The molecular weight excluding hydrogens is 572 g/mol. The SMILES string of the molecule is CC(C)(C)OC(=O)c1ccc(Br)c(COc2ccc(-c3nc4cc(C(=O)O)ccc4n3C3CCCCC3)cc2)c1. The fourth-order valence-corrected chi connectivity index (χ4v) is 5.52. The first-order valence-corrected chi connectivity index (χ1v) is 14.4. The van der Waals surface area contributed by atoms with E-state index in [9.17, 15) is 14.7 Å². The summed E-state index contributed by atoms with van der Waals surface area (Å²) in [4.78, 5) is 29.0. The van der Waals surface area contributed by atoms with Gasteiger partial charge in [-0.2, -0.15) is 0 Å². The second-order valence-corrected chi connectivity index (χ2v) is 12.1. The molecule has 1 aliphatic carbocycles. The van der Waals surface area contributed by atoms with Crippen LogP contribution in [0, 0.1) is 0 Å². The predicted molar refractivity (Wildman–Crippen MR) is 158 cm³/mol. The van der Waals surface area contributed by atoms with E-state index >= 15 is 0 Å². The highest BCUT2D eigenvalue weighted by Crippen LogP contribution is 2.36. The van der Waals surface area contributed by atoms with Gasteiger partial charge in [-0.15, -0.1) is 0 Å². The Balaban J connectivity index is 1.38. The molecule has 1 N–H and O–H groups in total. The number of aromatic nitrogens is 2. The molecule has 1 saturated carbocycles. The van der Waals surface area contributed by atoms with Crippen LogP contribution in [0.25, 0.3) is 22.4 Å².